The number of hydrogen-bond donors (Lipinski definition) is 2. The smallest absolute Gasteiger partial charge is 0.475 e. The van der Waals surface area contributed by atoms with Gasteiger partial charge in [-0.2, -0.15) is 26.3 Å². The minimum absolute atomic E-state index is 0.919. The topological polar surface area (TPSA) is 94.0 Å². The molecule has 0 bridgehead atoms. The van der Waals surface area contributed by atoms with Gasteiger partial charge in [0.25, 0.3) is 0 Å². The highest BCUT2D eigenvalue weighted by atomic mass is 19.4. The Hall–Kier alpha value is -2.41. The van der Waals surface area contributed by atoms with E-state index in [-0.39, 0.29) is 0 Å². The largest absolute Gasteiger partial charge is 0.490 e. The molecule has 13 heteroatoms. The Balaban J connectivity index is 0.000000230. The number of nitrogens with zero attached hydrogens (tertiary/aromatic N) is 3. The molecule has 3 aliphatic rings. The second kappa shape index (κ2) is 11.1. The molecule has 3 heterocycles. The Kier molecular flexibility index (Phi) is 9.06. The van der Waals surface area contributed by atoms with E-state index in [1.54, 1.807) is 0 Å². The molecule has 2 atom stereocenters. The number of pyridine rings is 1. The Morgan fingerprint density at radius 3 is 1.70 bits per heavy atom. The molecule has 33 heavy (non-hydrogen) atoms. The molecule has 1 aromatic rings. The highest BCUT2D eigenvalue weighted by molar-refractivity contribution is 5.73. The van der Waals surface area contributed by atoms with E-state index in [2.05, 4.69) is 26.9 Å². The van der Waals surface area contributed by atoms with Crippen molar-refractivity contribution < 1.29 is 46.1 Å². The van der Waals surface area contributed by atoms with Crippen molar-refractivity contribution >= 4 is 11.9 Å². The van der Waals surface area contributed by atoms with Gasteiger partial charge in [-0.05, 0) is 42.7 Å². The lowest BCUT2D eigenvalue weighted by molar-refractivity contribution is -0.193. The van der Waals surface area contributed by atoms with Crippen molar-refractivity contribution in [3.05, 3.63) is 30.1 Å². The number of carboxylic acids is 2. The zero-order valence-corrected chi connectivity index (χ0v) is 17.5. The van der Waals surface area contributed by atoms with E-state index in [1.807, 2.05) is 12.3 Å². The fourth-order valence-corrected chi connectivity index (χ4v) is 3.85. The molecule has 4 rings (SSSR count). The summed E-state index contributed by atoms with van der Waals surface area (Å²) in [6, 6.07) is 6.24. The Bertz CT molecular complexity index is 748. The van der Waals surface area contributed by atoms with Crippen LogP contribution in [0.3, 0.4) is 0 Å². The minimum atomic E-state index is -5.08. The average molecular weight is 485 g/mol. The van der Waals surface area contributed by atoms with Crippen molar-refractivity contribution in [1.82, 2.24) is 14.8 Å². The van der Waals surface area contributed by atoms with E-state index in [9.17, 15) is 26.3 Å². The molecule has 0 amide bonds. The number of likely N-dealkylation sites (tertiary alicyclic amines) is 2. The third-order valence-corrected chi connectivity index (χ3v) is 5.45. The number of fused-ring (bicyclic) bond motifs is 1. The monoisotopic (exact) mass is 485 g/mol. The minimum Gasteiger partial charge on any atom is -0.475 e. The van der Waals surface area contributed by atoms with Crippen LogP contribution in [0.1, 0.15) is 18.5 Å². The van der Waals surface area contributed by atoms with E-state index >= 15 is 0 Å². The summed E-state index contributed by atoms with van der Waals surface area (Å²) in [6.07, 6.45) is -5.29. The quantitative estimate of drug-likeness (QED) is 0.633. The molecule has 2 unspecified atom stereocenters. The molecule has 0 spiro atoms. The number of carbonyl (C=O) groups is 2. The lowest BCUT2D eigenvalue weighted by atomic mass is 10.0. The summed E-state index contributed by atoms with van der Waals surface area (Å²) in [5.41, 5.74) is 1.22. The van der Waals surface area contributed by atoms with Crippen molar-refractivity contribution in [1.29, 1.82) is 0 Å². The molecule has 0 aromatic carbocycles. The van der Waals surface area contributed by atoms with Gasteiger partial charge in [-0.15, -0.1) is 0 Å². The zero-order chi connectivity index (χ0) is 24.8. The van der Waals surface area contributed by atoms with Crippen LogP contribution in [0, 0.1) is 17.8 Å². The SMILES string of the molecule is O=C(O)C(F)(F)F.O=C(O)C(F)(F)F.c1ccc(CN2CC3CN(CC4CC4)CC3C2)nc1. The summed E-state index contributed by atoms with van der Waals surface area (Å²) in [6.45, 7) is 7.67. The maximum absolute atomic E-state index is 10.6. The number of alkyl halides is 6. The first-order chi connectivity index (χ1) is 15.3. The van der Waals surface area contributed by atoms with Crippen LogP contribution in [0.4, 0.5) is 26.3 Å². The van der Waals surface area contributed by atoms with Crippen LogP contribution in [-0.4, -0.2) is 82.0 Å². The molecule has 1 aromatic heterocycles. The second-order valence-electron chi connectivity index (χ2n) is 8.30. The van der Waals surface area contributed by atoms with E-state index < -0.39 is 24.3 Å². The third kappa shape index (κ3) is 9.54. The number of aliphatic carboxylic acids is 2. The van der Waals surface area contributed by atoms with Crippen LogP contribution >= 0.6 is 0 Å². The maximum Gasteiger partial charge on any atom is 0.490 e. The molecular formula is C20H25F6N3O4. The van der Waals surface area contributed by atoms with Crippen molar-refractivity contribution in [2.45, 2.75) is 31.7 Å². The first-order valence-corrected chi connectivity index (χ1v) is 10.2. The molecule has 2 saturated heterocycles. The predicted octanol–water partition coefficient (Wildman–Crippen LogP) is 3.12. The highest BCUT2D eigenvalue weighted by Crippen LogP contribution is 2.36. The second-order valence-corrected chi connectivity index (χ2v) is 8.30. The molecule has 2 aliphatic heterocycles. The zero-order valence-electron chi connectivity index (χ0n) is 17.5. The van der Waals surface area contributed by atoms with E-state index in [0.717, 1.165) is 24.3 Å². The predicted molar refractivity (Wildman–Crippen MR) is 103 cm³/mol. The van der Waals surface area contributed by atoms with Crippen LogP contribution in [-0.2, 0) is 16.1 Å². The molecule has 0 radical (unpaired) electrons. The lowest BCUT2D eigenvalue weighted by Gasteiger charge is -2.20. The highest BCUT2D eigenvalue weighted by Gasteiger charge is 2.41. The van der Waals surface area contributed by atoms with Crippen LogP contribution < -0.4 is 0 Å². The van der Waals surface area contributed by atoms with Gasteiger partial charge in [-0.25, -0.2) is 9.59 Å². The summed E-state index contributed by atoms with van der Waals surface area (Å²) >= 11 is 0. The molecule has 1 aliphatic carbocycles. The number of aromatic nitrogens is 1. The molecule has 3 fully saturated rings. The summed E-state index contributed by atoms with van der Waals surface area (Å²) in [7, 11) is 0. The number of carboxylic acid groups (broad SMARTS) is 2. The van der Waals surface area contributed by atoms with E-state index in [4.69, 9.17) is 19.8 Å². The van der Waals surface area contributed by atoms with Crippen LogP contribution in [0.15, 0.2) is 24.4 Å². The van der Waals surface area contributed by atoms with Crippen LogP contribution in [0.25, 0.3) is 0 Å². The van der Waals surface area contributed by atoms with Crippen molar-refractivity contribution in [3.63, 3.8) is 0 Å². The van der Waals surface area contributed by atoms with Crippen molar-refractivity contribution in [3.8, 4) is 0 Å². The number of halogens is 6. The standard InChI is InChI=1S/C16H23N3.2C2HF3O2/c1-2-6-17-16(3-1)12-19-10-14-8-18(7-13-4-5-13)9-15(14)11-19;2*3-2(4,5)1(6)7/h1-3,6,13-15H,4-5,7-12H2;2*(H,6,7). The first kappa shape index (κ1) is 26.8. The van der Waals surface area contributed by atoms with Gasteiger partial charge < -0.3 is 15.1 Å². The molecule has 2 N–H and O–H groups in total. The fraction of sp³-hybridized carbons (Fsp3) is 0.650. The lowest BCUT2D eigenvalue weighted by Crippen LogP contribution is -2.30. The Morgan fingerprint density at radius 2 is 1.33 bits per heavy atom. The van der Waals surface area contributed by atoms with Gasteiger partial charge in [-0.3, -0.25) is 9.88 Å². The van der Waals surface area contributed by atoms with Crippen LogP contribution in [0.2, 0.25) is 0 Å². The fourth-order valence-electron chi connectivity index (χ4n) is 3.85. The van der Waals surface area contributed by atoms with E-state index in [1.165, 1.54) is 51.3 Å². The average Bonchev–Trinajstić information content (AvgIpc) is 3.31. The summed E-state index contributed by atoms with van der Waals surface area (Å²) in [4.78, 5) is 27.6. The van der Waals surface area contributed by atoms with Gasteiger partial charge in [-0.1, -0.05) is 6.07 Å². The first-order valence-electron chi connectivity index (χ1n) is 10.2. The molecule has 7 nitrogen and oxygen atoms in total. The van der Waals surface area contributed by atoms with Gasteiger partial charge in [0.05, 0.1) is 5.69 Å². The molecule has 186 valence electrons. The van der Waals surface area contributed by atoms with E-state index in [0.29, 0.717) is 0 Å². The van der Waals surface area contributed by atoms with Crippen LogP contribution in [0.5, 0.6) is 0 Å². The van der Waals surface area contributed by atoms with Crippen molar-refractivity contribution in [2.75, 3.05) is 32.7 Å². The Labute approximate surface area is 186 Å². The van der Waals surface area contributed by atoms with Gasteiger partial charge in [0.15, 0.2) is 0 Å². The number of rotatable bonds is 4. The maximum atomic E-state index is 10.6. The van der Waals surface area contributed by atoms with Gasteiger partial charge in [0, 0.05) is 45.5 Å². The number of hydrogen-bond acceptors (Lipinski definition) is 5. The molecular weight excluding hydrogens is 460 g/mol. The third-order valence-electron chi connectivity index (χ3n) is 5.45. The Morgan fingerprint density at radius 1 is 0.879 bits per heavy atom. The normalized spacial score (nSPS) is 23.1. The molecule has 1 saturated carbocycles. The summed E-state index contributed by atoms with van der Waals surface area (Å²) < 4.78 is 63.5. The van der Waals surface area contributed by atoms with Gasteiger partial charge >= 0.3 is 24.3 Å². The summed E-state index contributed by atoms with van der Waals surface area (Å²) in [5.74, 6) is -2.63. The summed E-state index contributed by atoms with van der Waals surface area (Å²) in [5, 5.41) is 14.2. The van der Waals surface area contributed by atoms with Crippen molar-refractivity contribution in [2.24, 2.45) is 17.8 Å². The van der Waals surface area contributed by atoms with Gasteiger partial charge in [0.1, 0.15) is 0 Å². The van der Waals surface area contributed by atoms with Gasteiger partial charge in [0.2, 0.25) is 0 Å².